The molecule has 0 aromatic carbocycles. The molecule has 0 aliphatic heterocycles. The molecule has 0 saturated carbocycles. The number of hydrogen-bond acceptors (Lipinski definition) is 2. The molecule has 96 valence electrons. The summed E-state index contributed by atoms with van der Waals surface area (Å²) in [6, 6.07) is 0. The van der Waals surface area contributed by atoms with Gasteiger partial charge in [0.15, 0.2) is 0 Å². The van der Waals surface area contributed by atoms with Gasteiger partial charge < -0.3 is 10.6 Å². The minimum Gasteiger partial charge on any atom is -0.356 e. The molecular formula is C13H28N2O. The van der Waals surface area contributed by atoms with E-state index in [0.717, 1.165) is 32.0 Å². The van der Waals surface area contributed by atoms with Crippen molar-refractivity contribution < 1.29 is 4.79 Å². The van der Waals surface area contributed by atoms with Crippen LogP contribution in [0, 0.1) is 11.8 Å². The Bertz CT molecular complexity index is 177. The first-order chi connectivity index (χ1) is 7.61. The second-order valence-electron chi connectivity index (χ2n) is 4.69. The maximum Gasteiger partial charge on any atom is 0.222 e. The smallest absolute Gasteiger partial charge is 0.222 e. The molecule has 0 aromatic heterocycles. The normalized spacial score (nSPS) is 11.1. The van der Waals surface area contributed by atoms with Gasteiger partial charge in [0.1, 0.15) is 0 Å². The van der Waals surface area contributed by atoms with E-state index in [2.05, 4.69) is 24.5 Å². The number of nitrogens with one attached hydrogen (secondary N) is 2. The third-order valence-electron chi connectivity index (χ3n) is 2.94. The Morgan fingerprint density at radius 2 is 1.75 bits per heavy atom. The van der Waals surface area contributed by atoms with E-state index in [9.17, 15) is 4.79 Å². The highest BCUT2D eigenvalue weighted by atomic mass is 16.1. The topological polar surface area (TPSA) is 41.1 Å². The summed E-state index contributed by atoms with van der Waals surface area (Å²) < 4.78 is 0. The van der Waals surface area contributed by atoms with Crippen molar-refractivity contribution in [3.8, 4) is 0 Å². The van der Waals surface area contributed by atoms with Gasteiger partial charge in [0.2, 0.25) is 5.91 Å². The Kier molecular flexibility index (Phi) is 9.30. The average molecular weight is 228 g/mol. The Morgan fingerprint density at radius 1 is 1.12 bits per heavy atom. The molecular weight excluding hydrogens is 200 g/mol. The molecule has 16 heavy (non-hydrogen) atoms. The van der Waals surface area contributed by atoms with Gasteiger partial charge in [0, 0.05) is 12.5 Å². The van der Waals surface area contributed by atoms with Gasteiger partial charge >= 0.3 is 0 Å². The number of rotatable bonds is 9. The molecule has 1 amide bonds. The molecule has 0 aliphatic rings. The molecule has 0 atom stereocenters. The molecule has 0 unspecified atom stereocenters. The van der Waals surface area contributed by atoms with Crippen LogP contribution < -0.4 is 10.6 Å². The zero-order valence-corrected chi connectivity index (χ0v) is 11.3. The Balaban J connectivity index is 3.30. The first kappa shape index (κ1) is 15.4. The fourth-order valence-corrected chi connectivity index (χ4v) is 1.51. The second kappa shape index (κ2) is 9.64. The maximum atomic E-state index is 11.2. The van der Waals surface area contributed by atoms with Gasteiger partial charge in [-0.3, -0.25) is 4.79 Å². The van der Waals surface area contributed by atoms with Crippen LogP contribution >= 0.6 is 0 Å². The molecule has 0 heterocycles. The molecule has 3 nitrogen and oxygen atoms in total. The monoisotopic (exact) mass is 228 g/mol. The molecule has 0 saturated heterocycles. The molecule has 0 radical (unpaired) electrons. The van der Waals surface area contributed by atoms with Crippen LogP contribution in [0.25, 0.3) is 0 Å². The van der Waals surface area contributed by atoms with Crippen molar-refractivity contribution in [2.24, 2.45) is 11.8 Å². The van der Waals surface area contributed by atoms with Crippen molar-refractivity contribution in [3.05, 3.63) is 0 Å². The fraction of sp³-hybridized carbons (Fsp3) is 0.923. The van der Waals surface area contributed by atoms with Gasteiger partial charge in [-0.2, -0.15) is 0 Å². The lowest BCUT2D eigenvalue weighted by Gasteiger charge is -2.13. The summed E-state index contributed by atoms with van der Waals surface area (Å²) in [6.07, 6.45) is 3.50. The van der Waals surface area contributed by atoms with E-state index in [0.29, 0.717) is 0 Å². The van der Waals surface area contributed by atoms with Crippen molar-refractivity contribution in [1.29, 1.82) is 0 Å². The first-order valence-electron chi connectivity index (χ1n) is 6.60. The molecule has 2 N–H and O–H groups in total. The Morgan fingerprint density at radius 3 is 2.25 bits per heavy atom. The van der Waals surface area contributed by atoms with Crippen LogP contribution in [0.2, 0.25) is 0 Å². The van der Waals surface area contributed by atoms with Gasteiger partial charge in [0.25, 0.3) is 0 Å². The molecule has 0 spiro atoms. The fourth-order valence-electron chi connectivity index (χ4n) is 1.51. The van der Waals surface area contributed by atoms with Crippen LogP contribution in [0.1, 0.15) is 47.0 Å². The number of carbonyl (C=O) groups excluding carboxylic acids is 1. The highest BCUT2D eigenvalue weighted by Crippen LogP contribution is 2.04. The highest BCUT2D eigenvalue weighted by Gasteiger charge is 2.05. The summed E-state index contributed by atoms with van der Waals surface area (Å²) in [5.41, 5.74) is 0. The van der Waals surface area contributed by atoms with Crippen molar-refractivity contribution in [2.75, 3.05) is 19.6 Å². The second-order valence-corrected chi connectivity index (χ2v) is 4.69. The maximum absolute atomic E-state index is 11.2. The van der Waals surface area contributed by atoms with Gasteiger partial charge in [-0.15, -0.1) is 0 Å². The Hall–Kier alpha value is -0.570. The van der Waals surface area contributed by atoms with Crippen LogP contribution in [0.15, 0.2) is 0 Å². The van der Waals surface area contributed by atoms with E-state index in [1.807, 2.05) is 13.8 Å². The summed E-state index contributed by atoms with van der Waals surface area (Å²) in [5.74, 6) is 1.04. The molecule has 0 rings (SSSR count). The lowest BCUT2D eigenvalue weighted by atomic mass is 10.0. The number of carbonyl (C=O) groups is 1. The van der Waals surface area contributed by atoms with Gasteiger partial charge in [-0.1, -0.05) is 40.5 Å². The molecule has 0 aromatic rings. The summed E-state index contributed by atoms with van der Waals surface area (Å²) >= 11 is 0. The molecule has 0 fully saturated rings. The summed E-state index contributed by atoms with van der Waals surface area (Å²) in [6.45, 7) is 11.2. The number of hydrogen-bond donors (Lipinski definition) is 2. The predicted molar refractivity (Wildman–Crippen MR) is 69.4 cm³/mol. The van der Waals surface area contributed by atoms with E-state index in [4.69, 9.17) is 0 Å². The Labute approximate surface area is 100 Å². The minimum atomic E-state index is 0.0949. The largest absolute Gasteiger partial charge is 0.356 e. The predicted octanol–water partition coefficient (Wildman–Crippen LogP) is 2.17. The van der Waals surface area contributed by atoms with Crippen LogP contribution in [0.4, 0.5) is 0 Å². The average Bonchev–Trinajstić information content (AvgIpc) is 2.27. The summed E-state index contributed by atoms with van der Waals surface area (Å²) in [4.78, 5) is 11.2. The zero-order chi connectivity index (χ0) is 12.4. The highest BCUT2D eigenvalue weighted by molar-refractivity contribution is 5.77. The van der Waals surface area contributed by atoms with E-state index in [-0.39, 0.29) is 11.8 Å². The summed E-state index contributed by atoms with van der Waals surface area (Å²) in [7, 11) is 0. The van der Waals surface area contributed by atoms with E-state index in [1.54, 1.807) is 0 Å². The van der Waals surface area contributed by atoms with Crippen molar-refractivity contribution in [1.82, 2.24) is 10.6 Å². The van der Waals surface area contributed by atoms with E-state index < -0.39 is 0 Å². The third kappa shape index (κ3) is 7.69. The lowest BCUT2D eigenvalue weighted by molar-refractivity contribution is -0.123. The van der Waals surface area contributed by atoms with E-state index >= 15 is 0 Å². The van der Waals surface area contributed by atoms with Crippen LogP contribution in [-0.4, -0.2) is 25.5 Å². The number of amides is 1. The molecule has 0 aliphatic carbocycles. The molecule has 0 bridgehead atoms. The lowest BCUT2D eigenvalue weighted by Crippen LogP contribution is -2.31. The third-order valence-corrected chi connectivity index (χ3v) is 2.94. The van der Waals surface area contributed by atoms with Gasteiger partial charge in [-0.25, -0.2) is 0 Å². The van der Waals surface area contributed by atoms with E-state index in [1.165, 1.54) is 12.8 Å². The standard InChI is InChI=1S/C13H28N2O/c1-5-12(6-2)10-14-8-7-9-15-13(16)11(3)4/h11-12,14H,5-10H2,1-4H3,(H,15,16). The quantitative estimate of drug-likeness (QED) is 0.594. The van der Waals surface area contributed by atoms with Gasteiger partial charge in [-0.05, 0) is 25.4 Å². The first-order valence-corrected chi connectivity index (χ1v) is 6.60. The van der Waals surface area contributed by atoms with Crippen molar-refractivity contribution in [3.63, 3.8) is 0 Å². The minimum absolute atomic E-state index is 0.0949. The summed E-state index contributed by atoms with van der Waals surface area (Å²) in [5, 5.41) is 6.36. The SMILES string of the molecule is CCC(CC)CNCCCNC(=O)C(C)C. The molecule has 3 heteroatoms. The van der Waals surface area contributed by atoms with Crippen molar-refractivity contribution in [2.45, 2.75) is 47.0 Å². The van der Waals surface area contributed by atoms with Crippen molar-refractivity contribution >= 4 is 5.91 Å². The van der Waals surface area contributed by atoms with Crippen LogP contribution in [0.5, 0.6) is 0 Å². The van der Waals surface area contributed by atoms with Gasteiger partial charge in [0.05, 0.1) is 0 Å². The van der Waals surface area contributed by atoms with Crippen LogP contribution in [-0.2, 0) is 4.79 Å². The zero-order valence-electron chi connectivity index (χ0n) is 11.3. The van der Waals surface area contributed by atoms with Crippen LogP contribution in [0.3, 0.4) is 0 Å².